The number of amides is 1. The summed E-state index contributed by atoms with van der Waals surface area (Å²) >= 11 is 0. The van der Waals surface area contributed by atoms with E-state index in [9.17, 15) is 9.59 Å². The monoisotopic (exact) mass is 381 g/mol. The predicted octanol–water partition coefficient (Wildman–Crippen LogP) is 3.72. The molecule has 2 aromatic heterocycles. The van der Waals surface area contributed by atoms with Gasteiger partial charge in [0.1, 0.15) is 0 Å². The van der Waals surface area contributed by atoms with Crippen molar-refractivity contribution < 1.29 is 4.79 Å². The molecule has 0 aliphatic heterocycles. The lowest BCUT2D eigenvalue weighted by atomic mass is 10.0. The minimum Gasteiger partial charge on any atom is -0.321 e. The summed E-state index contributed by atoms with van der Waals surface area (Å²) in [6, 6.07) is 22.1. The van der Waals surface area contributed by atoms with Gasteiger partial charge in [-0.2, -0.15) is 10.2 Å². The summed E-state index contributed by atoms with van der Waals surface area (Å²) in [5.74, 6) is -0.289. The molecule has 0 fully saturated rings. The van der Waals surface area contributed by atoms with Crippen molar-refractivity contribution in [2.75, 3.05) is 5.32 Å². The van der Waals surface area contributed by atoms with Crippen molar-refractivity contribution in [1.82, 2.24) is 20.4 Å². The number of carbonyl (C=O) groups is 1. The van der Waals surface area contributed by atoms with Crippen molar-refractivity contribution in [2.45, 2.75) is 0 Å². The summed E-state index contributed by atoms with van der Waals surface area (Å²) in [7, 11) is 0. The summed E-state index contributed by atoms with van der Waals surface area (Å²) < 4.78 is 0. The molecule has 0 saturated heterocycles. The number of anilines is 1. The van der Waals surface area contributed by atoms with Crippen LogP contribution in [0.2, 0.25) is 0 Å². The van der Waals surface area contributed by atoms with Gasteiger partial charge in [0.15, 0.2) is 5.69 Å². The first-order valence-corrected chi connectivity index (χ1v) is 9.03. The highest BCUT2D eigenvalue weighted by Crippen LogP contribution is 2.25. The van der Waals surface area contributed by atoms with Gasteiger partial charge in [-0.15, -0.1) is 0 Å². The third kappa shape index (κ3) is 2.94. The summed E-state index contributed by atoms with van der Waals surface area (Å²) in [5.41, 5.74) is 3.08. The molecule has 0 unspecified atom stereocenters. The number of hydrogen-bond donors (Lipinski definition) is 3. The largest absolute Gasteiger partial charge is 0.321 e. The molecule has 5 aromatic rings. The quantitative estimate of drug-likeness (QED) is 0.443. The maximum absolute atomic E-state index is 12.6. The average molecular weight is 381 g/mol. The lowest BCUT2D eigenvalue weighted by Gasteiger charge is -2.07. The fourth-order valence-electron chi connectivity index (χ4n) is 3.37. The Labute approximate surface area is 164 Å². The SMILES string of the molecule is O=C(Nc1ccc(-c2n[nH]c(=O)c3ccccc23)cc1)c1n[nH]c2ccccc12. The molecule has 0 saturated carbocycles. The van der Waals surface area contributed by atoms with Gasteiger partial charge in [-0.25, -0.2) is 5.10 Å². The van der Waals surface area contributed by atoms with Crippen LogP contribution in [-0.4, -0.2) is 26.3 Å². The zero-order chi connectivity index (χ0) is 19.8. The van der Waals surface area contributed by atoms with Crippen LogP contribution in [0.4, 0.5) is 5.69 Å². The minimum atomic E-state index is -0.289. The highest BCUT2D eigenvalue weighted by Gasteiger charge is 2.14. The molecule has 7 heteroatoms. The number of aromatic nitrogens is 4. The molecule has 5 rings (SSSR count). The van der Waals surface area contributed by atoms with Crippen LogP contribution in [0.3, 0.4) is 0 Å². The van der Waals surface area contributed by atoms with E-state index in [2.05, 4.69) is 25.7 Å². The van der Waals surface area contributed by atoms with Gasteiger partial charge in [-0.05, 0) is 24.3 Å². The number of rotatable bonds is 3. The molecule has 3 N–H and O–H groups in total. The van der Waals surface area contributed by atoms with E-state index in [0.717, 1.165) is 21.9 Å². The average Bonchev–Trinajstić information content (AvgIpc) is 3.19. The van der Waals surface area contributed by atoms with E-state index in [0.29, 0.717) is 22.5 Å². The predicted molar refractivity (Wildman–Crippen MR) is 112 cm³/mol. The fourth-order valence-corrected chi connectivity index (χ4v) is 3.37. The Morgan fingerprint density at radius 2 is 1.45 bits per heavy atom. The van der Waals surface area contributed by atoms with Gasteiger partial charge < -0.3 is 5.32 Å². The van der Waals surface area contributed by atoms with Gasteiger partial charge in [0.2, 0.25) is 0 Å². The summed E-state index contributed by atoms with van der Waals surface area (Å²) in [5, 5.41) is 18.7. The number of aromatic amines is 2. The maximum atomic E-state index is 12.6. The summed E-state index contributed by atoms with van der Waals surface area (Å²) in [4.78, 5) is 24.6. The van der Waals surface area contributed by atoms with Gasteiger partial charge in [0, 0.05) is 22.0 Å². The Kier molecular flexibility index (Phi) is 3.91. The van der Waals surface area contributed by atoms with E-state index in [1.807, 2.05) is 54.6 Å². The number of H-pyrrole nitrogens is 2. The van der Waals surface area contributed by atoms with E-state index < -0.39 is 0 Å². The second-order valence-corrected chi connectivity index (χ2v) is 6.60. The second-order valence-electron chi connectivity index (χ2n) is 6.60. The zero-order valence-corrected chi connectivity index (χ0v) is 15.1. The van der Waals surface area contributed by atoms with Gasteiger partial charge in [-0.3, -0.25) is 14.7 Å². The highest BCUT2D eigenvalue weighted by atomic mass is 16.2. The molecule has 1 amide bonds. The Morgan fingerprint density at radius 1 is 0.759 bits per heavy atom. The number of carbonyl (C=O) groups excluding carboxylic acids is 1. The lowest BCUT2D eigenvalue weighted by Crippen LogP contribution is -2.12. The molecule has 0 spiro atoms. The number of fused-ring (bicyclic) bond motifs is 2. The van der Waals surface area contributed by atoms with E-state index in [1.54, 1.807) is 18.2 Å². The number of nitrogens with zero attached hydrogens (tertiary/aromatic N) is 2. The first kappa shape index (κ1) is 16.9. The van der Waals surface area contributed by atoms with Crippen molar-refractivity contribution in [3.05, 3.63) is 88.8 Å². The summed E-state index contributed by atoms with van der Waals surface area (Å²) in [6.07, 6.45) is 0. The Bertz CT molecular complexity index is 1420. The van der Waals surface area contributed by atoms with Crippen LogP contribution in [0.15, 0.2) is 77.6 Å². The Morgan fingerprint density at radius 3 is 2.24 bits per heavy atom. The van der Waals surface area contributed by atoms with Crippen molar-refractivity contribution in [3.63, 3.8) is 0 Å². The summed E-state index contributed by atoms with van der Waals surface area (Å²) in [6.45, 7) is 0. The number of para-hydroxylation sites is 1. The van der Waals surface area contributed by atoms with Crippen LogP contribution in [0.1, 0.15) is 10.5 Å². The number of nitrogens with one attached hydrogen (secondary N) is 3. The van der Waals surface area contributed by atoms with E-state index >= 15 is 0 Å². The smallest absolute Gasteiger partial charge is 0.276 e. The normalized spacial score (nSPS) is 11.0. The van der Waals surface area contributed by atoms with Crippen LogP contribution >= 0.6 is 0 Å². The van der Waals surface area contributed by atoms with Crippen molar-refractivity contribution >= 4 is 33.3 Å². The molecule has 0 atom stereocenters. The Hall–Kier alpha value is -4.26. The Balaban J connectivity index is 1.45. The number of benzene rings is 3. The molecule has 0 radical (unpaired) electrons. The molecule has 0 bridgehead atoms. The van der Waals surface area contributed by atoms with E-state index in [-0.39, 0.29) is 11.5 Å². The third-order valence-corrected chi connectivity index (χ3v) is 4.80. The van der Waals surface area contributed by atoms with Crippen LogP contribution in [-0.2, 0) is 0 Å². The molecule has 7 nitrogen and oxygen atoms in total. The van der Waals surface area contributed by atoms with E-state index in [1.165, 1.54) is 0 Å². The lowest BCUT2D eigenvalue weighted by molar-refractivity contribution is 0.102. The van der Waals surface area contributed by atoms with Gasteiger partial charge in [0.05, 0.1) is 16.6 Å². The second kappa shape index (κ2) is 6.72. The van der Waals surface area contributed by atoms with Crippen molar-refractivity contribution in [1.29, 1.82) is 0 Å². The van der Waals surface area contributed by atoms with Gasteiger partial charge in [-0.1, -0.05) is 48.5 Å². The molecular weight excluding hydrogens is 366 g/mol. The highest BCUT2D eigenvalue weighted by molar-refractivity contribution is 6.11. The van der Waals surface area contributed by atoms with Gasteiger partial charge >= 0.3 is 0 Å². The van der Waals surface area contributed by atoms with Crippen LogP contribution < -0.4 is 10.9 Å². The van der Waals surface area contributed by atoms with Crippen LogP contribution in [0.5, 0.6) is 0 Å². The fraction of sp³-hybridized carbons (Fsp3) is 0. The first-order valence-electron chi connectivity index (χ1n) is 9.03. The zero-order valence-electron chi connectivity index (χ0n) is 15.1. The molecule has 29 heavy (non-hydrogen) atoms. The van der Waals surface area contributed by atoms with Gasteiger partial charge in [0.25, 0.3) is 11.5 Å². The van der Waals surface area contributed by atoms with E-state index in [4.69, 9.17) is 0 Å². The standard InChI is InChI=1S/C22H15N5O2/c28-21-16-6-2-1-5-15(16)19(25-27-21)13-9-11-14(12-10-13)23-22(29)20-17-7-3-4-8-18(17)24-26-20/h1-12H,(H,23,29)(H,24,26)(H,27,28). The molecule has 0 aliphatic carbocycles. The van der Waals surface area contributed by atoms with Crippen molar-refractivity contribution in [2.24, 2.45) is 0 Å². The maximum Gasteiger partial charge on any atom is 0.276 e. The van der Waals surface area contributed by atoms with Crippen LogP contribution in [0, 0.1) is 0 Å². The number of hydrogen-bond acceptors (Lipinski definition) is 4. The molecule has 2 heterocycles. The van der Waals surface area contributed by atoms with Crippen LogP contribution in [0.25, 0.3) is 32.9 Å². The molecule has 140 valence electrons. The molecule has 0 aliphatic rings. The minimum absolute atomic E-state index is 0.223. The topological polar surface area (TPSA) is 104 Å². The first-order chi connectivity index (χ1) is 14.2. The molecule has 3 aromatic carbocycles. The van der Waals surface area contributed by atoms with Crippen molar-refractivity contribution in [3.8, 4) is 11.3 Å². The third-order valence-electron chi connectivity index (χ3n) is 4.80. The molecular formula is C22H15N5O2.